The first-order valence-corrected chi connectivity index (χ1v) is 28.0. The van der Waals surface area contributed by atoms with E-state index in [1.165, 1.54) is 16.2 Å². The average molecular weight is 1080 g/mol. The van der Waals surface area contributed by atoms with Crippen molar-refractivity contribution >= 4 is 40.3 Å². The number of fused-ring (bicyclic) bond motifs is 2. The minimum atomic E-state index is -0.901. The number of anilines is 3. The van der Waals surface area contributed by atoms with E-state index in [-0.39, 0.29) is 73.4 Å². The number of aromatic nitrogens is 5. The number of aliphatic hydroxyl groups excluding tert-OH is 1. The summed E-state index contributed by atoms with van der Waals surface area (Å²) >= 11 is 1.50. The number of nitrogens with one attached hydrogen (secondary N) is 1. The number of nitriles is 1. The quantitative estimate of drug-likeness (QED) is 0.0720. The lowest BCUT2D eigenvalue weighted by molar-refractivity contribution is -0.141. The fraction of sp³-hybridized carbons (Fsp3) is 0.474. The molecule has 21 heteroatoms. The summed E-state index contributed by atoms with van der Waals surface area (Å²) in [6, 6.07) is 22.3. The Hall–Kier alpha value is -7.38. The normalized spacial score (nSPS) is 22.8. The van der Waals surface area contributed by atoms with Gasteiger partial charge in [0.1, 0.15) is 30.4 Å². The largest absolute Gasteiger partial charge is 0.507 e. The van der Waals surface area contributed by atoms with Crippen LogP contribution in [0.15, 0.2) is 83.0 Å². The predicted octanol–water partition coefficient (Wildman–Crippen LogP) is 6.46. The minimum absolute atomic E-state index is 0.00628. The molecule has 8 heterocycles. The second-order valence-electron chi connectivity index (χ2n) is 21.6. The Balaban J connectivity index is 0.602. The number of phenols is 1. The molecule has 1 saturated carbocycles. The molecular weight excluding hydrogens is 1010 g/mol. The molecule has 0 radical (unpaired) electrons. The minimum Gasteiger partial charge on any atom is -0.507 e. The van der Waals surface area contributed by atoms with Crippen LogP contribution in [0.3, 0.4) is 0 Å². The SMILES string of the molecule is Cc1ncsc1-c1ccc(CNC(=O)[C@@H]2C[C@@H](O)CN2C(=O)[C@@H](c2cc(OCCN3CCC(OC4CC(Oc5cc(N6C7CC[C@@H]6CN(c6cc(-c8ccccc8O)nnc6N)C7)ccn5)C4)CC3)no2)C(C)C)c(C#N)c1. The molecular formula is C57H66N12O8S. The number of β-amino-alcohol motifs (C(OH)–C–C–N with tert-alkyl or cyclic N) is 1. The number of para-hydroxylation sites is 1. The van der Waals surface area contributed by atoms with Gasteiger partial charge in [-0.25, -0.2) is 9.97 Å². The van der Waals surface area contributed by atoms with Crippen molar-refractivity contribution in [2.75, 3.05) is 61.4 Å². The number of nitrogen functional groups attached to an aromatic ring is 1. The third-order valence-electron chi connectivity index (χ3n) is 16.0. The van der Waals surface area contributed by atoms with Crippen LogP contribution in [-0.2, 0) is 20.9 Å². The van der Waals surface area contributed by atoms with Gasteiger partial charge in [-0.3, -0.25) is 14.5 Å². The molecule has 6 aromatic rings. The van der Waals surface area contributed by atoms with E-state index in [1.807, 2.05) is 57.3 Å². The molecule has 2 bridgehead atoms. The van der Waals surface area contributed by atoms with Gasteiger partial charge >= 0.3 is 0 Å². The molecule has 2 amide bonds. The molecule has 20 nitrogen and oxygen atoms in total. The van der Waals surface area contributed by atoms with Crippen LogP contribution in [-0.4, -0.2) is 146 Å². The van der Waals surface area contributed by atoms with Crippen molar-refractivity contribution in [3.8, 4) is 45.3 Å². The Kier molecular flexibility index (Phi) is 15.5. The summed E-state index contributed by atoms with van der Waals surface area (Å²) in [4.78, 5) is 46.4. The van der Waals surface area contributed by atoms with Crippen LogP contribution >= 0.6 is 11.3 Å². The van der Waals surface area contributed by atoms with E-state index in [1.54, 1.807) is 29.8 Å². The van der Waals surface area contributed by atoms with Gasteiger partial charge in [0.15, 0.2) is 11.6 Å². The summed E-state index contributed by atoms with van der Waals surface area (Å²) in [6.07, 6.45) is 7.04. The van der Waals surface area contributed by atoms with E-state index in [0.29, 0.717) is 53.0 Å². The van der Waals surface area contributed by atoms with Gasteiger partial charge in [-0.15, -0.1) is 21.5 Å². The number of piperazine rings is 1. The van der Waals surface area contributed by atoms with Crippen LogP contribution in [0.4, 0.5) is 17.2 Å². The number of hydrogen-bond donors (Lipinski definition) is 4. The molecule has 5 aliphatic rings. The molecule has 78 heavy (non-hydrogen) atoms. The summed E-state index contributed by atoms with van der Waals surface area (Å²) < 4.78 is 24.7. The second-order valence-corrected chi connectivity index (χ2v) is 22.4. The molecule has 4 aromatic heterocycles. The molecule has 1 aliphatic carbocycles. The van der Waals surface area contributed by atoms with Crippen LogP contribution in [0.1, 0.15) is 87.3 Å². The zero-order chi connectivity index (χ0) is 54.0. The molecule has 5 N–H and O–H groups in total. The summed E-state index contributed by atoms with van der Waals surface area (Å²) in [6.45, 7) is 10.2. The Bertz CT molecular complexity index is 3140. The van der Waals surface area contributed by atoms with Crippen LogP contribution in [0.25, 0.3) is 21.7 Å². The number of benzene rings is 2. The number of amides is 2. The van der Waals surface area contributed by atoms with Crippen molar-refractivity contribution in [2.45, 2.75) is 121 Å². The molecule has 11 rings (SSSR count). The number of pyridine rings is 1. The number of aryl methyl sites for hydroxylation is 1. The third kappa shape index (κ3) is 11.3. The zero-order valence-corrected chi connectivity index (χ0v) is 44.9. The maximum Gasteiger partial charge on any atom is 0.254 e. The lowest BCUT2D eigenvalue weighted by Crippen LogP contribution is -2.54. The number of hydrogen-bond acceptors (Lipinski definition) is 19. The van der Waals surface area contributed by atoms with Gasteiger partial charge in [0.05, 0.1) is 57.4 Å². The lowest BCUT2D eigenvalue weighted by Gasteiger charge is -2.43. The van der Waals surface area contributed by atoms with Gasteiger partial charge in [0, 0.05) is 107 Å². The summed E-state index contributed by atoms with van der Waals surface area (Å²) in [5.74, 6) is 0.0549. The van der Waals surface area contributed by atoms with E-state index in [9.17, 15) is 25.1 Å². The molecule has 5 atom stereocenters. The second kappa shape index (κ2) is 22.9. The highest BCUT2D eigenvalue weighted by molar-refractivity contribution is 7.13. The predicted molar refractivity (Wildman–Crippen MR) is 292 cm³/mol. The number of nitrogens with zero attached hydrogens (tertiary/aromatic N) is 10. The molecule has 0 spiro atoms. The third-order valence-corrected chi connectivity index (χ3v) is 17.0. The van der Waals surface area contributed by atoms with E-state index in [2.05, 4.69) is 63.5 Å². The first-order valence-electron chi connectivity index (χ1n) is 27.1. The number of piperidine rings is 1. The monoisotopic (exact) mass is 1080 g/mol. The Morgan fingerprint density at radius 3 is 2.47 bits per heavy atom. The van der Waals surface area contributed by atoms with Crippen molar-refractivity contribution in [3.63, 3.8) is 0 Å². The Morgan fingerprint density at radius 2 is 1.73 bits per heavy atom. The number of ether oxygens (including phenoxy) is 3. The first kappa shape index (κ1) is 52.7. The molecule has 408 valence electrons. The van der Waals surface area contributed by atoms with Gasteiger partial charge in [-0.2, -0.15) is 5.26 Å². The maximum absolute atomic E-state index is 14.2. The summed E-state index contributed by atoms with van der Waals surface area (Å²) in [5, 5.41) is 46.7. The molecule has 4 saturated heterocycles. The van der Waals surface area contributed by atoms with Gasteiger partial charge < -0.3 is 54.7 Å². The van der Waals surface area contributed by atoms with Crippen molar-refractivity contribution in [2.24, 2.45) is 5.92 Å². The smallest absolute Gasteiger partial charge is 0.254 e. The number of thiazole rings is 1. The van der Waals surface area contributed by atoms with Crippen LogP contribution in [0, 0.1) is 24.2 Å². The van der Waals surface area contributed by atoms with Crippen molar-refractivity contribution in [1.29, 1.82) is 5.26 Å². The number of aromatic hydroxyl groups is 1. The average Bonchev–Trinajstić information content (AvgIpc) is 4.40. The number of nitrogens with two attached hydrogens (primary N) is 1. The van der Waals surface area contributed by atoms with E-state index in [0.717, 1.165) is 92.2 Å². The Morgan fingerprint density at radius 1 is 0.936 bits per heavy atom. The molecule has 5 fully saturated rings. The number of rotatable bonds is 18. The fourth-order valence-electron chi connectivity index (χ4n) is 11.9. The summed E-state index contributed by atoms with van der Waals surface area (Å²) in [5.41, 5.74) is 14.2. The van der Waals surface area contributed by atoms with Crippen molar-refractivity contribution < 1.29 is 38.5 Å². The number of phenolic OH excluding ortho intramolecular Hbond substituents is 1. The van der Waals surface area contributed by atoms with Crippen LogP contribution in [0.2, 0.25) is 0 Å². The van der Waals surface area contributed by atoms with Crippen molar-refractivity contribution in [1.82, 2.24) is 40.4 Å². The highest BCUT2D eigenvalue weighted by Crippen LogP contribution is 2.41. The number of carbonyl (C=O) groups is 2. The highest BCUT2D eigenvalue weighted by Gasteiger charge is 2.44. The maximum atomic E-state index is 14.2. The number of likely N-dealkylation sites (tertiary alicyclic amines) is 2. The highest BCUT2D eigenvalue weighted by atomic mass is 32.1. The van der Waals surface area contributed by atoms with Gasteiger partial charge in [0.25, 0.3) is 5.88 Å². The fourth-order valence-corrected chi connectivity index (χ4v) is 12.7. The first-order chi connectivity index (χ1) is 37.8. The van der Waals surface area contributed by atoms with Gasteiger partial charge in [-0.1, -0.05) is 38.1 Å². The number of aliphatic hydroxyl groups is 1. The van der Waals surface area contributed by atoms with E-state index < -0.39 is 24.0 Å². The van der Waals surface area contributed by atoms with Crippen LogP contribution in [0.5, 0.6) is 17.5 Å². The standard InChI is InChI=1S/C57H66N12O8S/c1-33(2)53(57(73)68-31-41(70)22-48(68)56(72)61-28-36-9-8-35(20-37(36)27-58)54-34(3)62-32-78-54)50-26-52(65-77-50)74-19-18-66-16-13-42(14-17-66)75-43-23-44(24-43)76-51-21-38(12-15-60-51)69-39-10-11-40(69)30-67(29-39)47-25-46(63-64-55(47)59)45-6-4-5-7-49(45)71/h4-9,12,15,20-21,25-26,32-33,39-44,48,53,70-71H,10-11,13-14,16-19,22-24,28-31H2,1-3H3,(H2,59,64)(H,61,72)/t39-,40?,41-,43?,44?,48+,53-/m1/s1. The topological polar surface area (TPSA) is 255 Å². The van der Waals surface area contributed by atoms with Gasteiger partial charge in [-0.05, 0) is 85.1 Å². The summed E-state index contributed by atoms with van der Waals surface area (Å²) in [7, 11) is 0. The lowest BCUT2D eigenvalue weighted by atomic mass is 9.91. The molecule has 1 unspecified atom stereocenters. The van der Waals surface area contributed by atoms with E-state index in [4.69, 9.17) is 24.5 Å². The zero-order valence-electron chi connectivity index (χ0n) is 44.1. The van der Waals surface area contributed by atoms with Crippen molar-refractivity contribution in [3.05, 3.63) is 101 Å². The molecule has 4 aliphatic heterocycles. The molecule has 2 aromatic carbocycles. The van der Waals surface area contributed by atoms with Crippen LogP contribution < -0.4 is 30.3 Å². The van der Waals surface area contributed by atoms with E-state index >= 15 is 0 Å². The Labute approximate surface area is 457 Å². The number of carbonyl (C=O) groups excluding carboxylic acids is 2. The van der Waals surface area contributed by atoms with Gasteiger partial charge in [0.2, 0.25) is 17.7 Å².